The Labute approximate surface area is 110 Å². The van der Waals surface area contributed by atoms with Gasteiger partial charge in [0, 0.05) is 18.0 Å². The zero-order valence-electron chi connectivity index (χ0n) is 10.3. The molecular formula is C13H15FN2O3. The van der Waals surface area contributed by atoms with Gasteiger partial charge in [-0.25, -0.2) is 4.39 Å². The van der Waals surface area contributed by atoms with Crippen molar-refractivity contribution < 1.29 is 24.0 Å². The van der Waals surface area contributed by atoms with Crippen LogP contribution < -0.4 is 15.3 Å². The van der Waals surface area contributed by atoms with E-state index in [0.29, 0.717) is 19.6 Å². The molecule has 1 unspecified atom stereocenters. The summed E-state index contributed by atoms with van der Waals surface area (Å²) >= 11 is 0. The Balaban J connectivity index is 2.11. The number of halogens is 1. The molecule has 1 aliphatic rings. The lowest BCUT2D eigenvalue weighted by atomic mass is 10.1. The number of hydrogen-bond donors (Lipinski definition) is 2. The van der Waals surface area contributed by atoms with Crippen molar-refractivity contribution in [1.29, 1.82) is 0 Å². The number of hydrogen-bond acceptors (Lipinski definition) is 3. The van der Waals surface area contributed by atoms with Crippen LogP contribution in [0, 0.1) is 5.82 Å². The second-order valence-electron chi connectivity index (χ2n) is 4.63. The molecule has 0 spiro atoms. The van der Waals surface area contributed by atoms with Crippen molar-refractivity contribution in [1.82, 2.24) is 5.32 Å². The summed E-state index contributed by atoms with van der Waals surface area (Å²) < 4.78 is 13.1. The normalized spacial score (nSPS) is 22.9. The molecule has 1 saturated heterocycles. The largest absolute Gasteiger partial charge is 0.550 e. The summed E-state index contributed by atoms with van der Waals surface area (Å²) in [6, 6.07) is 5.43. The van der Waals surface area contributed by atoms with Crippen molar-refractivity contribution in [3.05, 3.63) is 35.6 Å². The molecule has 19 heavy (non-hydrogen) atoms. The zero-order valence-corrected chi connectivity index (χ0v) is 10.3. The fourth-order valence-electron chi connectivity index (χ4n) is 2.35. The summed E-state index contributed by atoms with van der Waals surface area (Å²) in [7, 11) is 0. The Morgan fingerprint density at radius 3 is 3.00 bits per heavy atom. The standard InChI is InChI=1S/C13H15FN2O3/c14-10-3-1-2-9(6-10)8-16-5-4-15-13(19)11(16)7-12(17)18/h1-3,6,11H,4-5,7-8H2,(H,15,19)(H,17,18)/t11-/m0/s1. The van der Waals surface area contributed by atoms with Crippen molar-refractivity contribution >= 4 is 11.9 Å². The molecule has 1 aliphatic heterocycles. The smallest absolute Gasteiger partial charge is 0.278 e. The van der Waals surface area contributed by atoms with Crippen LogP contribution in [0.15, 0.2) is 24.3 Å². The number of rotatable bonds is 4. The first-order valence-electron chi connectivity index (χ1n) is 6.13. The minimum Gasteiger partial charge on any atom is -0.550 e. The van der Waals surface area contributed by atoms with Gasteiger partial charge in [-0.2, -0.15) is 0 Å². The molecule has 1 aromatic rings. The van der Waals surface area contributed by atoms with E-state index >= 15 is 0 Å². The predicted molar refractivity (Wildman–Crippen MR) is 62.4 cm³/mol. The topological polar surface area (TPSA) is 73.7 Å². The molecule has 1 heterocycles. The van der Waals surface area contributed by atoms with Gasteiger partial charge in [0.2, 0.25) is 0 Å². The number of carboxylic acid groups (broad SMARTS) is 1. The number of carbonyl (C=O) groups is 2. The molecule has 6 heteroatoms. The monoisotopic (exact) mass is 266 g/mol. The van der Waals surface area contributed by atoms with Gasteiger partial charge >= 0.3 is 0 Å². The second kappa shape index (κ2) is 5.79. The quantitative estimate of drug-likeness (QED) is 0.652. The number of carboxylic acids is 1. The number of carbonyl (C=O) groups excluding carboxylic acids is 2. The maximum Gasteiger partial charge on any atom is 0.278 e. The first-order chi connectivity index (χ1) is 9.06. The van der Waals surface area contributed by atoms with Gasteiger partial charge in [0.1, 0.15) is 12.4 Å². The molecule has 0 aliphatic carbocycles. The first kappa shape index (κ1) is 13.5. The second-order valence-corrected chi connectivity index (χ2v) is 4.63. The van der Waals surface area contributed by atoms with Gasteiger partial charge < -0.3 is 20.1 Å². The molecule has 0 radical (unpaired) electrons. The van der Waals surface area contributed by atoms with E-state index < -0.39 is 12.0 Å². The molecule has 1 aromatic carbocycles. The Morgan fingerprint density at radius 2 is 2.32 bits per heavy atom. The maximum absolute atomic E-state index is 13.1. The Bertz CT molecular complexity index is 493. The van der Waals surface area contributed by atoms with Gasteiger partial charge in [-0.15, -0.1) is 0 Å². The molecule has 2 N–H and O–H groups in total. The highest BCUT2D eigenvalue weighted by Gasteiger charge is 2.33. The van der Waals surface area contributed by atoms with Crippen LogP contribution in [0.25, 0.3) is 0 Å². The molecular weight excluding hydrogens is 251 g/mol. The Morgan fingerprint density at radius 1 is 1.53 bits per heavy atom. The van der Waals surface area contributed by atoms with Crippen molar-refractivity contribution in [2.24, 2.45) is 0 Å². The number of quaternary nitrogens is 1. The molecule has 5 nitrogen and oxygen atoms in total. The highest BCUT2D eigenvalue weighted by atomic mass is 19.1. The highest BCUT2D eigenvalue weighted by molar-refractivity contribution is 5.84. The summed E-state index contributed by atoms with van der Waals surface area (Å²) in [5.41, 5.74) is 0.744. The summed E-state index contributed by atoms with van der Waals surface area (Å²) in [6.07, 6.45) is -0.323. The minimum atomic E-state index is -1.25. The van der Waals surface area contributed by atoms with Gasteiger partial charge in [0.15, 0.2) is 6.04 Å². The van der Waals surface area contributed by atoms with E-state index in [2.05, 4.69) is 5.32 Å². The lowest BCUT2D eigenvalue weighted by Gasteiger charge is -2.32. The summed E-state index contributed by atoms with van der Waals surface area (Å²) in [4.78, 5) is 23.2. The number of nitrogens with one attached hydrogen (secondary N) is 2. The van der Waals surface area contributed by atoms with E-state index in [0.717, 1.165) is 10.5 Å². The fraction of sp³-hybridized carbons (Fsp3) is 0.385. The van der Waals surface area contributed by atoms with Gasteiger partial charge in [0.05, 0.1) is 13.1 Å². The van der Waals surface area contributed by atoms with Gasteiger partial charge in [-0.3, -0.25) is 4.79 Å². The molecule has 0 aromatic heterocycles. The van der Waals surface area contributed by atoms with Crippen LogP contribution in [0.2, 0.25) is 0 Å². The van der Waals surface area contributed by atoms with Gasteiger partial charge in [0.25, 0.3) is 5.91 Å². The van der Waals surface area contributed by atoms with E-state index in [1.165, 1.54) is 12.1 Å². The predicted octanol–water partition coefficient (Wildman–Crippen LogP) is -2.15. The average molecular weight is 266 g/mol. The van der Waals surface area contributed by atoms with Crippen molar-refractivity contribution in [2.45, 2.75) is 19.0 Å². The number of aliphatic carboxylic acids is 1. The summed E-state index contributed by atoms with van der Waals surface area (Å²) in [5, 5.41) is 13.3. The van der Waals surface area contributed by atoms with Crippen LogP contribution >= 0.6 is 0 Å². The number of amides is 1. The lowest BCUT2D eigenvalue weighted by molar-refractivity contribution is -0.930. The molecule has 1 amide bonds. The van der Waals surface area contributed by atoms with Crippen molar-refractivity contribution in [3.63, 3.8) is 0 Å². The van der Waals surface area contributed by atoms with E-state index in [4.69, 9.17) is 0 Å². The van der Waals surface area contributed by atoms with Gasteiger partial charge in [-0.05, 0) is 12.1 Å². The first-order valence-corrected chi connectivity index (χ1v) is 6.13. The molecule has 2 atom stereocenters. The van der Waals surface area contributed by atoms with Crippen LogP contribution in [-0.2, 0) is 16.1 Å². The van der Waals surface area contributed by atoms with Crippen LogP contribution in [0.3, 0.4) is 0 Å². The lowest BCUT2D eigenvalue weighted by Crippen LogP contribution is -3.18. The molecule has 0 saturated carbocycles. The minimum absolute atomic E-state index is 0.290. The number of piperazine rings is 1. The fourth-order valence-corrected chi connectivity index (χ4v) is 2.35. The maximum atomic E-state index is 13.1. The van der Waals surface area contributed by atoms with E-state index in [1.807, 2.05) is 0 Å². The molecule has 0 bridgehead atoms. The third-order valence-electron chi connectivity index (χ3n) is 3.25. The van der Waals surface area contributed by atoms with Crippen molar-refractivity contribution in [2.75, 3.05) is 13.1 Å². The number of benzene rings is 1. The highest BCUT2D eigenvalue weighted by Crippen LogP contribution is 2.02. The average Bonchev–Trinajstić information content (AvgIpc) is 2.33. The Hall–Kier alpha value is -1.95. The molecule has 102 valence electrons. The van der Waals surface area contributed by atoms with Crippen LogP contribution in [0.4, 0.5) is 4.39 Å². The van der Waals surface area contributed by atoms with Crippen LogP contribution in [0.5, 0.6) is 0 Å². The summed E-state index contributed by atoms with van der Waals surface area (Å²) in [5.74, 6) is -1.88. The van der Waals surface area contributed by atoms with Crippen molar-refractivity contribution in [3.8, 4) is 0 Å². The van der Waals surface area contributed by atoms with E-state index in [1.54, 1.807) is 12.1 Å². The molecule has 2 rings (SSSR count). The SMILES string of the molecule is O=C([O-])C[C@H]1C(=O)NCC[NH+]1Cc1cccc(F)c1. The third-order valence-corrected chi connectivity index (χ3v) is 3.25. The molecule has 1 fully saturated rings. The van der Waals surface area contributed by atoms with E-state index in [9.17, 15) is 19.1 Å². The zero-order chi connectivity index (χ0) is 13.8. The van der Waals surface area contributed by atoms with E-state index in [-0.39, 0.29) is 18.1 Å². The summed E-state index contributed by atoms with van der Waals surface area (Å²) in [6.45, 7) is 1.52. The Kier molecular flexibility index (Phi) is 4.11. The van der Waals surface area contributed by atoms with Crippen LogP contribution in [-0.4, -0.2) is 31.0 Å². The van der Waals surface area contributed by atoms with Crippen LogP contribution in [0.1, 0.15) is 12.0 Å². The van der Waals surface area contributed by atoms with Gasteiger partial charge in [-0.1, -0.05) is 12.1 Å². The third kappa shape index (κ3) is 3.51.